The van der Waals surface area contributed by atoms with Crippen LogP contribution in [-0.4, -0.2) is 40.8 Å². The molecule has 1 aliphatic heterocycles. The summed E-state index contributed by atoms with van der Waals surface area (Å²) in [5.41, 5.74) is -0.201. The lowest BCUT2D eigenvalue weighted by molar-refractivity contribution is -0.137. The van der Waals surface area contributed by atoms with Crippen molar-refractivity contribution in [1.29, 1.82) is 0 Å². The molecule has 2 unspecified atom stereocenters. The first-order valence-corrected chi connectivity index (χ1v) is 8.99. The zero-order valence-electron chi connectivity index (χ0n) is 15.6. The van der Waals surface area contributed by atoms with Gasteiger partial charge in [-0.25, -0.2) is 4.79 Å². The summed E-state index contributed by atoms with van der Waals surface area (Å²) in [6, 6.07) is 6.22. The number of carbonyl (C=O) groups is 1. The van der Waals surface area contributed by atoms with Gasteiger partial charge in [-0.1, -0.05) is 12.1 Å². The molecule has 2 heterocycles. The molecule has 2 atom stereocenters. The molecular formula is C19H20F3N3O4. The predicted octanol–water partition coefficient (Wildman–Crippen LogP) is 3.92. The van der Waals surface area contributed by atoms with Crippen LogP contribution < -0.4 is 10.1 Å². The number of alkyl halides is 3. The predicted molar refractivity (Wildman–Crippen MR) is 96.9 cm³/mol. The molecule has 7 nitrogen and oxygen atoms in total. The quantitative estimate of drug-likeness (QED) is 0.744. The van der Waals surface area contributed by atoms with Crippen molar-refractivity contribution < 1.29 is 32.5 Å². The van der Waals surface area contributed by atoms with Crippen LogP contribution in [0.3, 0.4) is 0 Å². The van der Waals surface area contributed by atoms with E-state index in [1.54, 1.807) is 0 Å². The number of ether oxygens (including phenoxy) is 2. The largest absolute Gasteiger partial charge is 0.477 e. The van der Waals surface area contributed by atoms with E-state index in [-0.39, 0.29) is 29.7 Å². The van der Waals surface area contributed by atoms with Gasteiger partial charge in [-0.3, -0.25) is 0 Å². The molecule has 1 fully saturated rings. The fraction of sp³-hybridized carbons (Fsp3) is 0.421. The molecule has 1 aromatic carbocycles. The van der Waals surface area contributed by atoms with Crippen LogP contribution in [0, 0.1) is 0 Å². The minimum Gasteiger partial charge on any atom is -0.477 e. The molecule has 3 rings (SSSR count). The molecule has 0 aliphatic carbocycles. The van der Waals surface area contributed by atoms with Crippen molar-refractivity contribution in [3.05, 3.63) is 47.2 Å². The maximum atomic E-state index is 12.7. The van der Waals surface area contributed by atoms with Gasteiger partial charge < -0.3 is 19.9 Å². The number of carboxylic acid groups (broad SMARTS) is 1. The third-order valence-electron chi connectivity index (χ3n) is 4.58. The lowest BCUT2D eigenvalue weighted by Crippen LogP contribution is -2.29. The fourth-order valence-electron chi connectivity index (χ4n) is 3.12. The first-order chi connectivity index (χ1) is 13.8. The van der Waals surface area contributed by atoms with Crippen molar-refractivity contribution in [2.75, 3.05) is 19.0 Å². The molecule has 156 valence electrons. The Morgan fingerprint density at radius 3 is 2.62 bits per heavy atom. The van der Waals surface area contributed by atoms with Gasteiger partial charge in [0, 0.05) is 12.6 Å². The Morgan fingerprint density at radius 1 is 1.28 bits per heavy atom. The molecule has 0 bridgehead atoms. The van der Waals surface area contributed by atoms with Gasteiger partial charge in [0.15, 0.2) is 5.69 Å². The Labute approximate surface area is 164 Å². The van der Waals surface area contributed by atoms with Gasteiger partial charge in [-0.05, 0) is 37.0 Å². The maximum Gasteiger partial charge on any atom is 0.416 e. The van der Waals surface area contributed by atoms with Gasteiger partial charge >= 0.3 is 18.2 Å². The average molecular weight is 411 g/mol. The smallest absolute Gasteiger partial charge is 0.416 e. The Hall–Kier alpha value is -2.88. The van der Waals surface area contributed by atoms with Crippen LogP contribution in [0.2, 0.25) is 0 Å². The number of benzene rings is 1. The first kappa shape index (κ1) is 20.8. The number of rotatable bonds is 6. The highest BCUT2D eigenvalue weighted by Gasteiger charge is 2.31. The number of anilines is 1. The average Bonchev–Trinajstić information content (AvgIpc) is 2.71. The van der Waals surface area contributed by atoms with Crippen LogP contribution in [0.25, 0.3) is 0 Å². The van der Waals surface area contributed by atoms with E-state index in [1.165, 1.54) is 25.3 Å². The third kappa shape index (κ3) is 5.35. The lowest BCUT2D eigenvalue weighted by Gasteiger charge is -2.30. The summed E-state index contributed by atoms with van der Waals surface area (Å²) in [5.74, 6) is -0.917. The molecule has 2 aromatic rings. The Kier molecular flexibility index (Phi) is 6.21. The molecule has 29 heavy (non-hydrogen) atoms. The van der Waals surface area contributed by atoms with E-state index < -0.39 is 17.7 Å². The van der Waals surface area contributed by atoms with Crippen molar-refractivity contribution in [3.8, 4) is 6.01 Å². The van der Waals surface area contributed by atoms with Crippen LogP contribution in [0.5, 0.6) is 6.01 Å². The van der Waals surface area contributed by atoms with E-state index in [1.807, 2.05) is 0 Å². The number of aromatic nitrogens is 2. The van der Waals surface area contributed by atoms with Crippen LogP contribution in [0.1, 0.15) is 47.0 Å². The van der Waals surface area contributed by atoms with Crippen molar-refractivity contribution in [2.45, 2.75) is 37.6 Å². The van der Waals surface area contributed by atoms with Gasteiger partial charge in [-0.15, -0.1) is 0 Å². The molecular weight excluding hydrogens is 391 g/mol. The fourth-order valence-corrected chi connectivity index (χ4v) is 3.12. The third-order valence-corrected chi connectivity index (χ3v) is 4.58. The molecule has 0 spiro atoms. The minimum absolute atomic E-state index is 0.0698. The zero-order valence-corrected chi connectivity index (χ0v) is 15.6. The lowest BCUT2D eigenvalue weighted by atomic mass is 9.97. The number of methoxy groups -OCH3 is 1. The van der Waals surface area contributed by atoms with E-state index in [9.17, 15) is 18.0 Å². The number of carboxylic acids is 1. The van der Waals surface area contributed by atoms with Crippen molar-refractivity contribution >= 4 is 11.8 Å². The molecule has 1 saturated heterocycles. The van der Waals surface area contributed by atoms with E-state index in [0.717, 1.165) is 25.0 Å². The van der Waals surface area contributed by atoms with E-state index in [0.29, 0.717) is 18.5 Å². The summed E-state index contributed by atoms with van der Waals surface area (Å²) < 4.78 is 49.1. The van der Waals surface area contributed by atoms with E-state index >= 15 is 0 Å². The summed E-state index contributed by atoms with van der Waals surface area (Å²) >= 11 is 0. The van der Waals surface area contributed by atoms with E-state index in [4.69, 9.17) is 14.6 Å². The van der Waals surface area contributed by atoms with Gasteiger partial charge in [0.1, 0.15) is 5.82 Å². The Morgan fingerprint density at radius 2 is 2.00 bits per heavy atom. The molecule has 1 aliphatic rings. The van der Waals surface area contributed by atoms with Crippen LogP contribution >= 0.6 is 0 Å². The second kappa shape index (κ2) is 8.64. The zero-order chi connectivity index (χ0) is 21.0. The Balaban J connectivity index is 1.63. The van der Waals surface area contributed by atoms with Crippen molar-refractivity contribution in [3.63, 3.8) is 0 Å². The highest BCUT2D eigenvalue weighted by atomic mass is 19.4. The molecule has 10 heteroatoms. The van der Waals surface area contributed by atoms with E-state index in [2.05, 4.69) is 15.3 Å². The second-order valence-electron chi connectivity index (χ2n) is 6.61. The number of hydrogen-bond donors (Lipinski definition) is 2. The normalized spacial score (nSPS) is 19.6. The molecule has 0 radical (unpaired) electrons. The van der Waals surface area contributed by atoms with Crippen LogP contribution in [0.15, 0.2) is 30.3 Å². The summed E-state index contributed by atoms with van der Waals surface area (Å²) in [6.07, 6.45) is -2.54. The molecule has 1 aromatic heterocycles. The minimum atomic E-state index is -4.37. The van der Waals surface area contributed by atoms with Gasteiger partial charge in [-0.2, -0.15) is 23.1 Å². The molecule has 0 amide bonds. The summed E-state index contributed by atoms with van der Waals surface area (Å²) in [6.45, 7) is 0.358. The highest BCUT2D eigenvalue weighted by Crippen LogP contribution is 2.34. The maximum absolute atomic E-state index is 12.7. The van der Waals surface area contributed by atoms with Gasteiger partial charge in [0.05, 0.1) is 24.9 Å². The van der Waals surface area contributed by atoms with Crippen LogP contribution in [-0.2, 0) is 10.9 Å². The van der Waals surface area contributed by atoms with Crippen molar-refractivity contribution in [1.82, 2.24) is 9.97 Å². The number of hydrogen-bond acceptors (Lipinski definition) is 6. The first-order valence-electron chi connectivity index (χ1n) is 8.99. The highest BCUT2D eigenvalue weighted by molar-refractivity contribution is 5.86. The van der Waals surface area contributed by atoms with Gasteiger partial charge in [0.25, 0.3) is 0 Å². The SMILES string of the molecule is COc1nc(NCC2CCCC(c3ccc(C(F)(F)F)cc3)O2)cc(C(=O)O)n1. The summed E-state index contributed by atoms with van der Waals surface area (Å²) in [5, 5.41) is 12.1. The topological polar surface area (TPSA) is 93.6 Å². The number of nitrogens with one attached hydrogen (secondary N) is 1. The summed E-state index contributed by atoms with van der Waals surface area (Å²) in [7, 11) is 1.34. The summed E-state index contributed by atoms with van der Waals surface area (Å²) in [4.78, 5) is 18.9. The number of halogens is 3. The van der Waals surface area contributed by atoms with Gasteiger partial charge in [0.2, 0.25) is 0 Å². The Bertz CT molecular complexity index is 859. The second-order valence-corrected chi connectivity index (χ2v) is 6.61. The molecule has 0 saturated carbocycles. The van der Waals surface area contributed by atoms with Crippen molar-refractivity contribution in [2.24, 2.45) is 0 Å². The molecule has 2 N–H and O–H groups in total. The number of nitrogens with zero attached hydrogens (tertiary/aromatic N) is 2. The van der Waals surface area contributed by atoms with Crippen LogP contribution in [0.4, 0.5) is 19.0 Å². The standard InChI is InChI=1S/C19H20F3N3O4/c1-28-18-24-14(17(26)27)9-16(25-18)23-10-13-3-2-4-15(29-13)11-5-7-12(8-6-11)19(20,21)22/h5-9,13,15H,2-4,10H2,1H3,(H,26,27)(H,23,24,25). The monoisotopic (exact) mass is 411 g/mol. The number of aromatic carboxylic acids is 1.